The van der Waals surface area contributed by atoms with Crippen LogP contribution < -0.4 is 0 Å². The van der Waals surface area contributed by atoms with Gasteiger partial charge in [0.25, 0.3) is 5.69 Å². The van der Waals surface area contributed by atoms with Crippen LogP contribution in [0.3, 0.4) is 0 Å². The van der Waals surface area contributed by atoms with E-state index in [0.29, 0.717) is 5.56 Å². The molecule has 1 N–H and O–H groups in total. The molecule has 1 aromatic rings. The van der Waals surface area contributed by atoms with Crippen molar-refractivity contribution in [1.29, 1.82) is 0 Å². The van der Waals surface area contributed by atoms with Gasteiger partial charge in [0.15, 0.2) is 0 Å². The van der Waals surface area contributed by atoms with Crippen LogP contribution in [-0.2, 0) is 0 Å². The molecule has 0 amide bonds. The number of aromatic hydroxyl groups is 1. The quantitative estimate of drug-likeness (QED) is 0.352. The molecule has 0 atom stereocenters. The maximum Gasteiger partial charge on any atom is 0.270 e. The monoisotopic (exact) mass is 235 g/mol. The molecule has 0 radical (unpaired) electrons. The molecule has 1 rings (SSSR count). The van der Waals surface area contributed by atoms with Crippen LogP contribution in [0.4, 0.5) is 5.69 Å². The van der Waals surface area contributed by atoms with Gasteiger partial charge < -0.3 is 5.11 Å². The van der Waals surface area contributed by atoms with Crippen molar-refractivity contribution in [3.05, 3.63) is 33.9 Å². The molecule has 1 aromatic carbocycles. The Bertz CT molecular complexity index is 480. The summed E-state index contributed by atoms with van der Waals surface area (Å²) in [6, 6.07) is 3.85. The average molecular weight is 235 g/mol. The molecule has 5 heteroatoms. The van der Waals surface area contributed by atoms with E-state index in [1.165, 1.54) is 18.2 Å². The van der Waals surface area contributed by atoms with Crippen molar-refractivity contribution in [1.82, 2.24) is 0 Å². The number of benzene rings is 1. The first-order valence-corrected chi connectivity index (χ1v) is 8.30. The van der Waals surface area contributed by atoms with E-state index >= 15 is 0 Å². The molecule has 0 unspecified atom stereocenters. The van der Waals surface area contributed by atoms with E-state index in [9.17, 15) is 15.2 Å². The highest BCUT2D eigenvalue weighted by Crippen LogP contribution is 2.21. The summed E-state index contributed by atoms with van der Waals surface area (Å²) in [6.45, 7) is 6.19. The minimum Gasteiger partial charge on any atom is -0.507 e. The molecule has 0 aromatic heterocycles. The predicted octanol–water partition coefficient (Wildman–Crippen LogP) is 2.53. The molecule has 0 saturated carbocycles. The lowest BCUT2D eigenvalue weighted by molar-refractivity contribution is -0.384. The van der Waals surface area contributed by atoms with Gasteiger partial charge >= 0.3 is 0 Å². The Labute approximate surface area is 95.1 Å². The number of nitro benzene ring substituents is 1. The van der Waals surface area contributed by atoms with E-state index in [1.807, 2.05) is 0 Å². The summed E-state index contributed by atoms with van der Waals surface area (Å²) in [5.74, 6) is 2.79. The van der Waals surface area contributed by atoms with Crippen molar-refractivity contribution < 1.29 is 10.0 Å². The van der Waals surface area contributed by atoms with Gasteiger partial charge in [-0.3, -0.25) is 10.1 Å². The number of non-ortho nitro benzene ring substituents is 1. The number of nitrogens with zero attached hydrogens (tertiary/aromatic N) is 1. The van der Waals surface area contributed by atoms with Crippen molar-refractivity contribution >= 4 is 13.8 Å². The molecule has 16 heavy (non-hydrogen) atoms. The fourth-order valence-corrected chi connectivity index (χ4v) is 1.50. The first kappa shape index (κ1) is 12.3. The third kappa shape index (κ3) is 3.40. The van der Waals surface area contributed by atoms with Gasteiger partial charge in [0.1, 0.15) is 13.8 Å². The molecule has 84 valence electrons. The van der Waals surface area contributed by atoms with Gasteiger partial charge in [0.05, 0.1) is 10.5 Å². The van der Waals surface area contributed by atoms with Crippen molar-refractivity contribution in [3.8, 4) is 17.2 Å². The highest BCUT2D eigenvalue weighted by Gasteiger charge is 2.11. The van der Waals surface area contributed by atoms with Crippen molar-refractivity contribution in [3.63, 3.8) is 0 Å². The molecule has 4 nitrogen and oxygen atoms in total. The summed E-state index contributed by atoms with van der Waals surface area (Å²) < 4.78 is 0. The van der Waals surface area contributed by atoms with Crippen LogP contribution >= 0.6 is 0 Å². The van der Waals surface area contributed by atoms with Gasteiger partial charge in [0, 0.05) is 12.1 Å². The zero-order valence-electron chi connectivity index (χ0n) is 9.44. The normalized spacial score (nSPS) is 10.4. The lowest BCUT2D eigenvalue weighted by atomic mass is 10.2. The van der Waals surface area contributed by atoms with Gasteiger partial charge in [-0.15, -0.1) is 5.54 Å². The minimum atomic E-state index is -1.55. The van der Waals surface area contributed by atoms with E-state index in [1.54, 1.807) is 0 Å². The fraction of sp³-hybridized carbons (Fsp3) is 0.273. The Morgan fingerprint density at radius 2 is 2.00 bits per heavy atom. The standard InChI is InChI=1S/C11H13NO3Si/c1-16(2,3)7-6-9-8-10(12(14)15)4-5-11(9)13/h4-5,8,13H,1-3H3. The molecule has 0 aliphatic heterocycles. The zero-order chi connectivity index (χ0) is 12.3. The molecular formula is C11H13NO3Si. The molecule has 0 fully saturated rings. The lowest BCUT2D eigenvalue weighted by Gasteiger charge is -2.03. The first-order valence-electron chi connectivity index (χ1n) is 4.80. The summed E-state index contributed by atoms with van der Waals surface area (Å²) in [5.41, 5.74) is 3.31. The van der Waals surface area contributed by atoms with Crippen LogP contribution in [0.25, 0.3) is 0 Å². The highest BCUT2D eigenvalue weighted by atomic mass is 28.3. The number of phenols is 1. The lowest BCUT2D eigenvalue weighted by Crippen LogP contribution is -2.16. The Morgan fingerprint density at radius 3 is 2.50 bits per heavy atom. The van der Waals surface area contributed by atoms with Gasteiger partial charge in [-0.05, 0) is 6.07 Å². The SMILES string of the molecule is C[Si](C)(C)C#Cc1cc([N+](=O)[O-])ccc1O. The molecule has 0 aliphatic rings. The smallest absolute Gasteiger partial charge is 0.270 e. The summed E-state index contributed by atoms with van der Waals surface area (Å²) in [4.78, 5) is 10.0. The maximum absolute atomic E-state index is 10.6. The van der Waals surface area contributed by atoms with Crippen molar-refractivity contribution in [2.75, 3.05) is 0 Å². The second kappa shape index (κ2) is 4.37. The van der Waals surface area contributed by atoms with E-state index in [2.05, 4.69) is 31.1 Å². The Hall–Kier alpha value is -1.80. The summed E-state index contributed by atoms with van der Waals surface area (Å²) in [6.07, 6.45) is 0. The third-order valence-corrected chi connectivity index (χ3v) is 2.64. The third-order valence-electron chi connectivity index (χ3n) is 1.76. The van der Waals surface area contributed by atoms with Gasteiger partial charge in [0.2, 0.25) is 0 Å². The second-order valence-electron chi connectivity index (χ2n) is 4.46. The van der Waals surface area contributed by atoms with Crippen LogP contribution in [0, 0.1) is 21.6 Å². The summed E-state index contributed by atoms with van der Waals surface area (Å²) in [7, 11) is -1.55. The zero-order valence-corrected chi connectivity index (χ0v) is 10.4. The molecule has 0 aliphatic carbocycles. The second-order valence-corrected chi connectivity index (χ2v) is 9.21. The van der Waals surface area contributed by atoms with E-state index in [0.717, 1.165) is 0 Å². The minimum absolute atomic E-state index is 0.0173. The van der Waals surface area contributed by atoms with Gasteiger partial charge in [-0.2, -0.15) is 0 Å². The van der Waals surface area contributed by atoms with Crippen LogP contribution in [0.2, 0.25) is 19.6 Å². The van der Waals surface area contributed by atoms with Crippen molar-refractivity contribution in [2.45, 2.75) is 19.6 Å². The van der Waals surface area contributed by atoms with Gasteiger partial charge in [-0.25, -0.2) is 0 Å². The van der Waals surface area contributed by atoms with E-state index in [-0.39, 0.29) is 11.4 Å². The topological polar surface area (TPSA) is 63.4 Å². The molecule has 0 saturated heterocycles. The molecule has 0 bridgehead atoms. The number of phenolic OH excluding ortho intramolecular Hbond substituents is 1. The Kier molecular flexibility index (Phi) is 3.35. The van der Waals surface area contributed by atoms with E-state index in [4.69, 9.17) is 0 Å². The molecule has 0 spiro atoms. The fourth-order valence-electron chi connectivity index (χ4n) is 0.993. The number of hydrogen-bond donors (Lipinski definition) is 1. The van der Waals surface area contributed by atoms with E-state index < -0.39 is 13.0 Å². The Morgan fingerprint density at radius 1 is 1.38 bits per heavy atom. The summed E-state index contributed by atoms with van der Waals surface area (Å²) >= 11 is 0. The first-order chi connectivity index (χ1) is 7.29. The molecule has 0 heterocycles. The van der Waals surface area contributed by atoms with Gasteiger partial charge in [-0.1, -0.05) is 25.6 Å². The molecular weight excluding hydrogens is 222 g/mol. The highest BCUT2D eigenvalue weighted by molar-refractivity contribution is 6.83. The van der Waals surface area contributed by atoms with Crippen LogP contribution in [0.1, 0.15) is 5.56 Å². The number of nitro groups is 1. The number of rotatable bonds is 1. The van der Waals surface area contributed by atoms with Crippen LogP contribution in [-0.4, -0.2) is 18.1 Å². The predicted molar refractivity (Wildman–Crippen MR) is 65.0 cm³/mol. The largest absolute Gasteiger partial charge is 0.507 e. The van der Waals surface area contributed by atoms with Crippen LogP contribution in [0.15, 0.2) is 18.2 Å². The van der Waals surface area contributed by atoms with Crippen LogP contribution in [0.5, 0.6) is 5.75 Å². The Balaban J connectivity index is 3.17. The maximum atomic E-state index is 10.6. The summed E-state index contributed by atoms with van der Waals surface area (Å²) in [5, 5.41) is 20.1. The average Bonchev–Trinajstić information content (AvgIpc) is 2.14. The number of hydrogen-bond acceptors (Lipinski definition) is 3. The van der Waals surface area contributed by atoms with Crippen molar-refractivity contribution in [2.24, 2.45) is 0 Å².